The molecule has 15 atom stereocenters. The first-order valence-corrected chi connectivity index (χ1v) is 28.6. The number of aromatic nitrogens is 2. The maximum Gasteiger partial charge on any atom is 0.330 e. The maximum atomic E-state index is 14.6. The number of rotatable bonds is 37. The number of urea groups is 1. The summed E-state index contributed by atoms with van der Waals surface area (Å²) in [4.78, 5) is 116. The first kappa shape index (κ1) is 70.0. The first-order valence-electron chi connectivity index (χ1n) is 28.6. The van der Waals surface area contributed by atoms with Crippen molar-refractivity contribution in [1.29, 1.82) is 0 Å². The van der Waals surface area contributed by atoms with E-state index in [4.69, 9.17) is 46.6 Å². The van der Waals surface area contributed by atoms with Crippen LogP contribution in [0.5, 0.6) is 0 Å². The van der Waals surface area contributed by atoms with Gasteiger partial charge in [-0.2, -0.15) is 0 Å². The van der Waals surface area contributed by atoms with Crippen molar-refractivity contribution in [2.75, 3.05) is 39.8 Å². The molecule has 32 nitrogen and oxygen atoms in total. The van der Waals surface area contributed by atoms with Crippen LogP contribution in [0.4, 0.5) is 4.79 Å². The lowest BCUT2D eigenvalue weighted by atomic mass is 9.96. The van der Waals surface area contributed by atoms with Gasteiger partial charge in [-0.25, -0.2) is 14.4 Å². The Balaban J connectivity index is 1.53. The van der Waals surface area contributed by atoms with Crippen molar-refractivity contribution in [2.45, 2.75) is 203 Å². The van der Waals surface area contributed by atoms with Gasteiger partial charge in [-0.1, -0.05) is 79.1 Å². The zero-order chi connectivity index (χ0) is 62.2. The Kier molecular flexibility index (Phi) is 29.2. The van der Waals surface area contributed by atoms with Gasteiger partial charge in [0.05, 0.1) is 6.04 Å². The number of guanidine groups is 2. The molecular formula is C52H90N14O18. The van der Waals surface area contributed by atoms with Crippen molar-refractivity contribution in [2.24, 2.45) is 44.8 Å². The van der Waals surface area contributed by atoms with Crippen LogP contribution in [0.1, 0.15) is 117 Å². The second kappa shape index (κ2) is 35.1. The SMILES string of the molecule is CO[C@H]1[C@H](O[C@H]([C@H]2O[C@@H](n3ccc(=O)[nH]c3=O)[C@H](O)[C@@H]2O)[C@H](NCCCNC(=O)[C@@H](NC(=O)[C@@H](NC(=O)N[C@H](C(=O)O)C(C)C)[C@@H]2CCN=C(N)N2)[C@@H](OC(=O)CCCCCCCCCCCCN=C(N)N)C(C)C)C(=O)O)O[C@H](CN)[C@H]1O. The number of aliphatic imine (C=N–C) groups is 2. The van der Waals surface area contributed by atoms with Crippen LogP contribution < -0.4 is 66.1 Å². The molecule has 20 N–H and O–H groups in total. The minimum absolute atomic E-state index is 0.000653. The summed E-state index contributed by atoms with van der Waals surface area (Å²) < 4.78 is 30.0. The molecule has 4 heterocycles. The average molecular weight is 1200 g/mol. The Morgan fingerprint density at radius 1 is 0.810 bits per heavy atom. The van der Waals surface area contributed by atoms with Gasteiger partial charge in [-0.3, -0.25) is 43.5 Å². The molecule has 3 aliphatic heterocycles. The molecule has 0 spiro atoms. The number of nitrogens with one attached hydrogen (secondary N) is 7. The number of carboxylic acids is 2. The Bertz CT molecular complexity index is 2460. The Morgan fingerprint density at radius 3 is 2.02 bits per heavy atom. The number of methoxy groups -OCH3 is 1. The van der Waals surface area contributed by atoms with Gasteiger partial charge in [0.15, 0.2) is 24.4 Å². The van der Waals surface area contributed by atoms with Crippen molar-refractivity contribution in [3.05, 3.63) is 33.1 Å². The number of hydrogen-bond donors (Lipinski definition) is 16. The number of H-pyrrole nitrogens is 1. The fourth-order valence-corrected chi connectivity index (χ4v) is 10.00. The van der Waals surface area contributed by atoms with Crippen molar-refractivity contribution in [3.63, 3.8) is 0 Å². The summed E-state index contributed by atoms with van der Waals surface area (Å²) in [6, 6.07) is -7.32. The lowest BCUT2D eigenvalue weighted by Gasteiger charge is -2.34. The predicted molar refractivity (Wildman–Crippen MR) is 302 cm³/mol. The second-order valence-electron chi connectivity index (χ2n) is 21.7. The zero-order valence-corrected chi connectivity index (χ0v) is 48.4. The van der Waals surface area contributed by atoms with Crippen molar-refractivity contribution in [3.8, 4) is 0 Å². The van der Waals surface area contributed by atoms with E-state index in [1.54, 1.807) is 27.7 Å². The van der Waals surface area contributed by atoms with Gasteiger partial charge in [-0.05, 0) is 44.1 Å². The molecule has 1 aromatic rings. The van der Waals surface area contributed by atoms with E-state index in [0.717, 1.165) is 74.6 Å². The molecule has 4 amide bonds. The number of hydrogen-bond acceptors (Lipinski definition) is 22. The summed E-state index contributed by atoms with van der Waals surface area (Å²) in [5.74, 6) is -6.49. The van der Waals surface area contributed by atoms with Crippen LogP contribution in [0.2, 0.25) is 0 Å². The average Bonchev–Trinajstić information content (AvgIpc) is 2.38. The third kappa shape index (κ3) is 21.2. The van der Waals surface area contributed by atoms with E-state index in [9.17, 15) is 63.9 Å². The van der Waals surface area contributed by atoms with Gasteiger partial charge < -0.3 is 104 Å². The molecule has 4 rings (SSSR count). The van der Waals surface area contributed by atoms with Crippen molar-refractivity contribution in [1.82, 2.24) is 41.5 Å². The number of unbranched alkanes of at least 4 members (excludes halogenated alkanes) is 9. The summed E-state index contributed by atoms with van der Waals surface area (Å²) in [5.41, 5.74) is 20.7. The van der Waals surface area contributed by atoms with E-state index in [0.29, 0.717) is 13.0 Å². The molecule has 0 saturated carbocycles. The fourth-order valence-electron chi connectivity index (χ4n) is 10.00. The lowest BCUT2D eigenvalue weighted by molar-refractivity contribution is -0.231. The van der Waals surface area contributed by atoms with Crippen LogP contribution in [0.3, 0.4) is 0 Å². The van der Waals surface area contributed by atoms with Gasteiger partial charge >= 0.3 is 29.6 Å². The molecule has 0 aliphatic carbocycles. The van der Waals surface area contributed by atoms with Crippen molar-refractivity contribution < 1.29 is 78.0 Å². The zero-order valence-electron chi connectivity index (χ0n) is 48.4. The minimum atomic E-state index is -1.94. The monoisotopic (exact) mass is 1200 g/mol. The topological polar surface area (TPSA) is 506 Å². The molecule has 3 aliphatic rings. The summed E-state index contributed by atoms with van der Waals surface area (Å²) >= 11 is 0. The third-order valence-corrected chi connectivity index (χ3v) is 14.6. The molecule has 0 radical (unpaired) electrons. The van der Waals surface area contributed by atoms with Crippen molar-refractivity contribution >= 4 is 47.7 Å². The largest absolute Gasteiger partial charge is 0.480 e. The van der Waals surface area contributed by atoms with Gasteiger partial charge in [0.2, 0.25) is 11.8 Å². The van der Waals surface area contributed by atoms with Gasteiger partial charge in [0.25, 0.3) is 5.56 Å². The number of nitrogens with zero attached hydrogens (tertiary/aromatic N) is 3. The van der Waals surface area contributed by atoms with E-state index in [-0.39, 0.29) is 57.4 Å². The first-order chi connectivity index (χ1) is 39.9. The smallest absolute Gasteiger partial charge is 0.330 e. The second-order valence-corrected chi connectivity index (χ2v) is 21.7. The number of carbonyl (C=O) groups excluding carboxylic acids is 4. The molecular weight excluding hydrogens is 1110 g/mol. The van der Waals surface area contributed by atoms with Crippen LogP contribution >= 0.6 is 0 Å². The van der Waals surface area contributed by atoms with E-state index < -0.39 is 150 Å². The van der Waals surface area contributed by atoms with Gasteiger partial charge in [0, 0.05) is 52.0 Å². The van der Waals surface area contributed by atoms with E-state index in [1.165, 1.54) is 7.11 Å². The number of amides is 4. The minimum Gasteiger partial charge on any atom is -0.480 e. The summed E-state index contributed by atoms with van der Waals surface area (Å²) in [7, 11) is 1.23. The number of esters is 1. The van der Waals surface area contributed by atoms with Crippen LogP contribution in [0.25, 0.3) is 0 Å². The lowest BCUT2D eigenvalue weighted by Crippen LogP contribution is -2.66. The Hall–Kier alpha value is -6.52. The number of nitrogens with two attached hydrogens (primary N) is 4. The van der Waals surface area contributed by atoms with Crippen LogP contribution in [-0.4, -0.2) is 208 Å². The Labute approximate surface area is 486 Å². The number of aromatic amines is 1. The highest BCUT2D eigenvalue weighted by atomic mass is 16.7. The van der Waals surface area contributed by atoms with Crippen LogP contribution in [-0.2, 0) is 47.7 Å². The highest BCUT2D eigenvalue weighted by Gasteiger charge is 2.54. The van der Waals surface area contributed by atoms with Crippen LogP contribution in [0, 0.1) is 11.8 Å². The molecule has 0 aromatic carbocycles. The van der Waals surface area contributed by atoms with Gasteiger partial charge in [-0.15, -0.1) is 0 Å². The fraction of sp³-hybridized carbons (Fsp3) is 0.769. The van der Waals surface area contributed by atoms with E-state index in [1.807, 2.05) is 4.98 Å². The maximum absolute atomic E-state index is 14.6. The molecule has 32 heteroatoms. The number of carbonyl (C=O) groups is 6. The summed E-state index contributed by atoms with van der Waals surface area (Å²) in [5, 5.41) is 69.8. The molecule has 2 fully saturated rings. The van der Waals surface area contributed by atoms with E-state index >= 15 is 0 Å². The summed E-state index contributed by atoms with van der Waals surface area (Å²) in [6.45, 7) is 6.56. The Morgan fingerprint density at radius 2 is 1.45 bits per heavy atom. The molecule has 0 bridgehead atoms. The molecule has 2 saturated heterocycles. The number of aliphatic hydroxyl groups is 3. The highest BCUT2D eigenvalue weighted by Crippen LogP contribution is 2.35. The number of aliphatic carboxylic acids is 2. The standard InChI is InChI=1S/C52H90N14O18/c1-26(2)32(46(74)75)64-51(78)65-33(28-18-23-60-50(56)61-28)44(73)63-34(39(27(3)4)82-31(68)17-14-12-10-8-6-7-9-11-13-15-20-59-49(54)55)43(72)58-22-16-21-57-35(47(76)77)40(84-48-42(80-5)36(69)29(25-53)81-48)41-37(70)38(71)45(83-41)66-24-19-30(67)62-52(66)79/h19,24,26-29,32-42,45,48,57,69-71H,6-18,20-23,25,53H2,1-5H3,(H,58,72)(H,63,73)(H,74,75)(H,76,77)(H4,54,55,59)(H3,56,60,61)(H,62,67,79)(H2,64,65,78)/t28-,29+,32-,33-,34-,35-,36+,37-,38+,39-,40-,41-,42+,45+,48-/m0/s1. The van der Waals surface area contributed by atoms with Gasteiger partial charge in [0.1, 0.15) is 73.0 Å². The van der Waals surface area contributed by atoms with Crippen LogP contribution in [0.15, 0.2) is 31.8 Å². The number of aliphatic hydroxyl groups excluding tert-OH is 3. The quantitative estimate of drug-likeness (QED) is 0.0132. The van der Waals surface area contributed by atoms with E-state index in [2.05, 4.69) is 41.9 Å². The molecule has 0 unspecified atom stereocenters. The normalized spacial score (nSPS) is 24.4. The predicted octanol–water partition coefficient (Wildman–Crippen LogP) is -3.78. The third-order valence-electron chi connectivity index (χ3n) is 14.6. The summed E-state index contributed by atoms with van der Waals surface area (Å²) in [6.07, 6.45) is -5.15. The highest BCUT2D eigenvalue weighted by molar-refractivity contribution is 5.94. The number of carboxylic acid groups (broad SMARTS) is 2. The molecule has 476 valence electrons. The molecule has 1 aromatic heterocycles. The number of ether oxygens (including phenoxy) is 5. The molecule has 84 heavy (non-hydrogen) atoms.